The molecule has 1 aliphatic rings. The highest BCUT2D eigenvalue weighted by atomic mass is 32.2. The second-order valence-corrected chi connectivity index (χ2v) is 4.88. The summed E-state index contributed by atoms with van der Waals surface area (Å²) >= 11 is 1.75. The molecule has 1 aliphatic heterocycles. The fourth-order valence-corrected chi connectivity index (χ4v) is 2.62. The molecule has 82 valence electrons. The first-order valence-electron chi connectivity index (χ1n) is 5.58. The molecule has 0 spiro atoms. The number of hydrogen-bond donors (Lipinski definition) is 1. The lowest BCUT2D eigenvalue weighted by atomic mass is 10.1. The molecule has 0 bridgehead atoms. The number of hydrogen-bond acceptors (Lipinski definition) is 4. The molecule has 0 radical (unpaired) electrons. The predicted molar refractivity (Wildman–Crippen MR) is 63.0 cm³/mol. The van der Waals surface area contributed by atoms with E-state index in [1.54, 1.807) is 24.2 Å². The molecule has 1 saturated heterocycles. The highest BCUT2D eigenvalue weighted by Gasteiger charge is 2.12. The molecule has 0 aromatic carbocycles. The Kier molecular flexibility index (Phi) is 4.41. The van der Waals surface area contributed by atoms with Gasteiger partial charge >= 0.3 is 0 Å². The fraction of sp³-hybridized carbons (Fsp3) is 0.636. The van der Waals surface area contributed by atoms with Crippen molar-refractivity contribution in [2.24, 2.45) is 0 Å². The predicted octanol–water partition coefficient (Wildman–Crippen LogP) is 2.10. The Morgan fingerprint density at radius 1 is 1.40 bits per heavy atom. The molecule has 1 aromatic rings. The van der Waals surface area contributed by atoms with E-state index >= 15 is 0 Å². The summed E-state index contributed by atoms with van der Waals surface area (Å²) in [6, 6.07) is 2.62. The van der Waals surface area contributed by atoms with Crippen molar-refractivity contribution in [1.82, 2.24) is 15.3 Å². The normalized spacial score (nSPS) is 20.7. The van der Waals surface area contributed by atoms with Crippen LogP contribution in [0.5, 0.6) is 0 Å². The van der Waals surface area contributed by atoms with E-state index in [1.165, 1.54) is 32.2 Å². The summed E-state index contributed by atoms with van der Waals surface area (Å²) in [6.45, 7) is 1.21. The molecule has 1 fully saturated rings. The van der Waals surface area contributed by atoms with Crippen molar-refractivity contribution < 1.29 is 0 Å². The molecular weight excluding hydrogens is 206 g/mol. The van der Waals surface area contributed by atoms with Gasteiger partial charge in [-0.3, -0.25) is 0 Å². The van der Waals surface area contributed by atoms with Crippen LogP contribution in [-0.4, -0.2) is 28.3 Å². The SMILES string of the molecule is c1cnc(SCCCC2CCCN2)nc1. The molecule has 0 amide bonds. The molecule has 4 heteroatoms. The maximum Gasteiger partial charge on any atom is 0.187 e. The Balaban J connectivity index is 1.59. The third-order valence-electron chi connectivity index (χ3n) is 2.63. The quantitative estimate of drug-likeness (QED) is 0.471. The summed E-state index contributed by atoms with van der Waals surface area (Å²) in [7, 11) is 0. The number of rotatable bonds is 5. The standard InChI is InChI=1S/C11H17N3S/c1-4-10(12-6-1)5-2-9-15-11-13-7-3-8-14-11/h3,7-8,10,12H,1-2,4-6,9H2. The first-order chi connectivity index (χ1) is 7.45. The molecule has 15 heavy (non-hydrogen) atoms. The number of nitrogens with zero attached hydrogens (tertiary/aromatic N) is 2. The van der Waals surface area contributed by atoms with E-state index in [4.69, 9.17) is 0 Å². The van der Waals surface area contributed by atoms with E-state index in [9.17, 15) is 0 Å². The smallest absolute Gasteiger partial charge is 0.187 e. The van der Waals surface area contributed by atoms with Gasteiger partial charge < -0.3 is 5.32 Å². The lowest BCUT2D eigenvalue weighted by Crippen LogP contribution is -2.20. The Morgan fingerprint density at radius 3 is 3.00 bits per heavy atom. The van der Waals surface area contributed by atoms with Gasteiger partial charge in [0.15, 0.2) is 5.16 Å². The molecule has 2 rings (SSSR count). The molecule has 1 aromatic heterocycles. The van der Waals surface area contributed by atoms with Gasteiger partial charge in [0, 0.05) is 24.2 Å². The van der Waals surface area contributed by atoms with E-state index in [0.717, 1.165) is 17.0 Å². The summed E-state index contributed by atoms with van der Waals surface area (Å²) in [4.78, 5) is 8.37. The van der Waals surface area contributed by atoms with Crippen molar-refractivity contribution in [2.75, 3.05) is 12.3 Å². The second-order valence-electron chi connectivity index (χ2n) is 3.82. The lowest BCUT2D eigenvalue weighted by molar-refractivity contribution is 0.553. The zero-order chi connectivity index (χ0) is 10.3. The van der Waals surface area contributed by atoms with Gasteiger partial charge in [0.25, 0.3) is 0 Å². The molecule has 0 aliphatic carbocycles. The van der Waals surface area contributed by atoms with Crippen LogP contribution in [0, 0.1) is 0 Å². The first-order valence-corrected chi connectivity index (χ1v) is 6.57. The fourth-order valence-electron chi connectivity index (χ4n) is 1.86. The summed E-state index contributed by atoms with van der Waals surface area (Å²) in [6.07, 6.45) is 8.84. The van der Waals surface area contributed by atoms with Gasteiger partial charge in [-0.25, -0.2) is 9.97 Å². The number of nitrogens with one attached hydrogen (secondary N) is 1. The van der Waals surface area contributed by atoms with Crippen LogP contribution in [-0.2, 0) is 0 Å². The zero-order valence-corrected chi connectivity index (χ0v) is 9.67. The van der Waals surface area contributed by atoms with E-state index in [-0.39, 0.29) is 0 Å². The van der Waals surface area contributed by atoms with Crippen molar-refractivity contribution in [2.45, 2.75) is 36.9 Å². The maximum absolute atomic E-state index is 4.18. The Morgan fingerprint density at radius 2 is 2.27 bits per heavy atom. The third kappa shape index (κ3) is 3.80. The molecule has 2 heterocycles. The average Bonchev–Trinajstić information content (AvgIpc) is 2.79. The van der Waals surface area contributed by atoms with Crippen LogP contribution in [0.4, 0.5) is 0 Å². The molecule has 1 unspecified atom stereocenters. The van der Waals surface area contributed by atoms with E-state index in [1.807, 2.05) is 6.07 Å². The van der Waals surface area contributed by atoms with Gasteiger partial charge in [0.2, 0.25) is 0 Å². The van der Waals surface area contributed by atoms with Crippen LogP contribution < -0.4 is 5.32 Å². The first kappa shape index (κ1) is 10.9. The van der Waals surface area contributed by atoms with Crippen LogP contribution in [0.1, 0.15) is 25.7 Å². The second kappa shape index (κ2) is 6.08. The van der Waals surface area contributed by atoms with Gasteiger partial charge in [0.05, 0.1) is 0 Å². The minimum Gasteiger partial charge on any atom is -0.314 e. The Labute approximate surface area is 95.1 Å². The maximum atomic E-state index is 4.18. The van der Waals surface area contributed by atoms with Crippen LogP contribution >= 0.6 is 11.8 Å². The largest absolute Gasteiger partial charge is 0.314 e. The third-order valence-corrected chi connectivity index (χ3v) is 3.59. The average molecular weight is 223 g/mol. The van der Waals surface area contributed by atoms with Gasteiger partial charge in [-0.1, -0.05) is 11.8 Å². The monoisotopic (exact) mass is 223 g/mol. The minimum absolute atomic E-state index is 0.766. The van der Waals surface area contributed by atoms with Crippen LogP contribution in [0.3, 0.4) is 0 Å². The molecule has 0 saturated carbocycles. The van der Waals surface area contributed by atoms with Gasteiger partial charge in [-0.2, -0.15) is 0 Å². The summed E-state index contributed by atoms with van der Waals surface area (Å²) in [5.41, 5.74) is 0. The van der Waals surface area contributed by atoms with Gasteiger partial charge in [-0.15, -0.1) is 0 Å². The highest BCUT2D eigenvalue weighted by molar-refractivity contribution is 7.99. The molecule has 3 nitrogen and oxygen atoms in total. The number of aromatic nitrogens is 2. The lowest BCUT2D eigenvalue weighted by Gasteiger charge is -2.08. The van der Waals surface area contributed by atoms with Crippen molar-refractivity contribution >= 4 is 11.8 Å². The van der Waals surface area contributed by atoms with Crippen LogP contribution in [0.2, 0.25) is 0 Å². The highest BCUT2D eigenvalue weighted by Crippen LogP contribution is 2.16. The molecular formula is C11H17N3S. The van der Waals surface area contributed by atoms with E-state index in [2.05, 4.69) is 15.3 Å². The van der Waals surface area contributed by atoms with Crippen molar-refractivity contribution in [1.29, 1.82) is 0 Å². The topological polar surface area (TPSA) is 37.8 Å². The minimum atomic E-state index is 0.766. The van der Waals surface area contributed by atoms with Crippen molar-refractivity contribution in [3.63, 3.8) is 0 Å². The van der Waals surface area contributed by atoms with E-state index < -0.39 is 0 Å². The summed E-state index contributed by atoms with van der Waals surface area (Å²) < 4.78 is 0. The van der Waals surface area contributed by atoms with Crippen LogP contribution in [0.15, 0.2) is 23.6 Å². The molecule has 1 N–H and O–H groups in total. The Bertz CT molecular complexity index is 272. The van der Waals surface area contributed by atoms with Crippen molar-refractivity contribution in [3.8, 4) is 0 Å². The van der Waals surface area contributed by atoms with E-state index in [0.29, 0.717) is 0 Å². The summed E-state index contributed by atoms with van der Waals surface area (Å²) in [5, 5.41) is 4.41. The van der Waals surface area contributed by atoms with Gasteiger partial charge in [0.1, 0.15) is 0 Å². The number of thioether (sulfide) groups is 1. The summed E-state index contributed by atoms with van der Waals surface area (Å²) in [5.74, 6) is 1.13. The Hall–Kier alpha value is -0.610. The van der Waals surface area contributed by atoms with Crippen molar-refractivity contribution in [3.05, 3.63) is 18.5 Å². The van der Waals surface area contributed by atoms with Crippen LogP contribution in [0.25, 0.3) is 0 Å². The zero-order valence-electron chi connectivity index (χ0n) is 8.85. The molecule has 1 atom stereocenters. The van der Waals surface area contributed by atoms with Gasteiger partial charge in [-0.05, 0) is 38.3 Å².